The number of carboxylic acids is 1. The molecule has 98 valence electrons. The van der Waals surface area contributed by atoms with Crippen LogP contribution in [-0.2, 0) is 4.79 Å². The molecular weight excluding hydrogens is 292 g/mol. The molecule has 0 aromatic heterocycles. The molecule has 1 rings (SSSR count). The Morgan fingerprint density at radius 3 is 2.50 bits per heavy atom. The van der Waals surface area contributed by atoms with Gasteiger partial charge in [-0.3, -0.25) is 4.79 Å². The summed E-state index contributed by atoms with van der Waals surface area (Å²) in [5.74, 6) is -0.788. The van der Waals surface area contributed by atoms with Gasteiger partial charge in [0.15, 0.2) is 0 Å². The van der Waals surface area contributed by atoms with E-state index < -0.39 is 5.97 Å². The molecule has 18 heavy (non-hydrogen) atoms. The molecule has 0 atom stereocenters. The lowest BCUT2D eigenvalue weighted by Gasteiger charge is -2.12. The maximum Gasteiger partial charge on any atom is 0.307 e. The second-order valence-corrected chi connectivity index (χ2v) is 5.35. The number of carbonyl (C=O) groups is 1. The minimum atomic E-state index is -0.788. The quantitative estimate of drug-likeness (QED) is 0.854. The summed E-state index contributed by atoms with van der Waals surface area (Å²) in [4.78, 5) is 10.7. The predicted molar refractivity (Wildman–Crippen MR) is 78.8 cm³/mol. The minimum Gasteiger partial charge on any atom is -0.481 e. The van der Waals surface area contributed by atoms with E-state index in [9.17, 15) is 4.79 Å². The molecule has 1 aromatic rings. The van der Waals surface area contributed by atoms with E-state index in [0.717, 1.165) is 28.5 Å². The second-order valence-electron chi connectivity index (χ2n) is 4.49. The lowest BCUT2D eigenvalue weighted by Crippen LogP contribution is -1.95. The summed E-state index contributed by atoms with van der Waals surface area (Å²) in [5.41, 5.74) is 4.68. The van der Waals surface area contributed by atoms with Gasteiger partial charge >= 0.3 is 5.97 Å². The number of allylic oxidation sites excluding steroid dienone is 1. The van der Waals surface area contributed by atoms with Crippen LogP contribution in [0.3, 0.4) is 0 Å². The number of halogens is 1. The molecule has 1 N–H and O–H groups in total. The Kier molecular flexibility index (Phi) is 5.60. The Balaban J connectivity index is 3.17. The zero-order valence-electron chi connectivity index (χ0n) is 11.1. The van der Waals surface area contributed by atoms with Crippen molar-refractivity contribution >= 4 is 27.5 Å². The van der Waals surface area contributed by atoms with Gasteiger partial charge in [-0.2, -0.15) is 0 Å². The predicted octanol–water partition coefficient (Wildman–Crippen LogP) is 4.72. The molecule has 0 bridgehead atoms. The zero-order valence-corrected chi connectivity index (χ0v) is 12.7. The number of carboxylic acid groups (broad SMARTS) is 1. The molecule has 0 saturated heterocycles. The molecule has 0 aliphatic carbocycles. The first-order chi connectivity index (χ1) is 8.45. The van der Waals surface area contributed by atoms with Gasteiger partial charge in [0.2, 0.25) is 0 Å². The fourth-order valence-corrected chi connectivity index (χ4v) is 2.57. The normalized spacial score (nSPS) is 11.7. The molecule has 0 aliphatic rings. The van der Waals surface area contributed by atoms with Crippen molar-refractivity contribution in [1.82, 2.24) is 0 Å². The van der Waals surface area contributed by atoms with Gasteiger partial charge in [0.25, 0.3) is 0 Å². The van der Waals surface area contributed by atoms with E-state index in [0.29, 0.717) is 0 Å². The van der Waals surface area contributed by atoms with E-state index in [-0.39, 0.29) is 6.42 Å². The molecule has 1 aromatic carbocycles. The van der Waals surface area contributed by atoms with Crippen molar-refractivity contribution in [3.05, 3.63) is 39.4 Å². The standard InChI is InChI=1S/C15H19BrO2/c1-4-5-12(6-7-15(17)18)13-8-10(2)11(3)9-14(13)16/h6,8-9H,4-5,7H2,1-3H3,(H,17,18)/b12-6+. The zero-order chi connectivity index (χ0) is 13.7. The van der Waals surface area contributed by atoms with Crippen molar-refractivity contribution in [1.29, 1.82) is 0 Å². The van der Waals surface area contributed by atoms with Crippen LogP contribution < -0.4 is 0 Å². The van der Waals surface area contributed by atoms with E-state index in [4.69, 9.17) is 5.11 Å². The van der Waals surface area contributed by atoms with Crippen LogP contribution in [-0.4, -0.2) is 11.1 Å². The molecular formula is C15H19BrO2. The highest BCUT2D eigenvalue weighted by molar-refractivity contribution is 9.10. The van der Waals surface area contributed by atoms with Gasteiger partial charge in [0.1, 0.15) is 0 Å². The second kappa shape index (κ2) is 6.74. The fraction of sp³-hybridized carbons (Fsp3) is 0.400. The van der Waals surface area contributed by atoms with Crippen molar-refractivity contribution in [3.63, 3.8) is 0 Å². The van der Waals surface area contributed by atoms with Gasteiger partial charge in [0, 0.05) is 4.47 Å². The number of benzene rings is 1. The third-order valence-corrected chi connectivity index (χ3v) is 3.63. The van der Waals surface area contributed by atoms with Gasteiger partial charge in [-0.15, -0.1) is 0 Å². The largest absolute Gasteiger partial charge is 0.481 e. The Hall–Kier alpha value is -1.09. The van der Waals surface area contributed by atoms with E-state index in [2.05, 4.69) is 48.8 Å². The summed E-state index contributed by atoms with van der Waals surface area (Å²) in [6.45, 7) is 6.25. The molecule has 2 nitrogen and oxygen atoms in total. The van der Waals surface area contributed by atoms with Crippen LogP contribution in [0.25, 0.3) is 5.57 Å². The first-order valence-corrected chi connectivity index (χ1v) is 6.93. The van der Waals surface area contributed by atoms with E-state index >= 15 is 0 Å². The maximum atomic E-state index is 10.7. The van der Waals surface area contributed by atoms with E-state index in [1.165, 1.54) is 11.1 Å². The van der Waals surface area contributed by atoms with Crippen LogP contribution in [0.5, 0.6) is 0 Å². The van der Waals surface area contributed by atoms with Gasteiger partial charge in [0.05, 0.1) is 6.42 Å². The summed E-state index contributed by atoms with van der Waals surface area (Å²) < 4.78 is 1.04. The first kappa shape index (κ1) is 15.0. The third-order valence-electron chi connectivity index (χ3n) is 2.97. The highest BCUT2D eigenvalue weighted by Crippen LogP contribution is 2.30. The summed E-state index contributed by atoms with van der Waals surface area (Å²) in [5, 5.41) is 8.79. The fourth-order valence-electron chi connectivity index (χ4n) is 1.85. The lowest BCUT2D eigenvalue weighted by atomic mass is 9.96. The van der Waals surface area contributed by atoms with E-state index in [1.807, 2.05) is 6.08 Å². The van der Waals surface area contributed by atoms with Crippen molar-refractivity contribution < 1.29 is 9.90 Å². The van der Waals surface area contributed by atoms with Crippen LogP contribution in [0.4, 0.5) is 0 Å². The Labute approximate surface area is 117 Å². The first-order valence-electron chi connectivity index (χ1n) is 6.13. The molecule has 0 heterocycles. The maximum absolute atomic E-state index is 10.7. The van der Waals surface area contributed by atoms with Gasteiger partial charge in [-0.1, -0.05) is 41.4 Å². The Morgan fingerprint density at radius 1 is 1.33 bits per heavy atom. The molecule has 0 amide bonds. The molecule has 0 saturated carbocycles. The molecule has 0 radical (unpaired) electrons. The van der Waals surface area contributed by atoms with Crippen LogP contribution in [0.15, 0.2) is 22.7 Å². The van der Waals surface area contributed by atoms with Crippen molar-refractivity contribution in [2.75, 3.05) is 0 Å². The lowest BCUT2D eigenvalue weighted by molar-refractivity contribution is -0.135. The molecule has 0 spiro atoms. The number of aliphatic carboxylic acids is 1. The number of aryl methyl sites for hydroxylation is 2. The van der Waals surface area contributed by atoms with Crippen molar-refractivity contribution in [2.24, 2.45) is 0 Å². The van der Waals surface area contributed by atoms with Crippen LogP contribution in [0.1, 0.15) is 42.9 Å². The van der Waals surface area contributed by atoms with E-state index in [1.54, 1.807) is 0 Å². The third kappa shape index (κ3) is 3.98. The highest BCUT2D eigenvalue weighted by atomic mass is 79.9. The summed E-state index contributed by atoms with van der Waals surface area (Å²) in [6, 6.07) is 4.22. The summed E-state index contributed by atoms with van der Waals surface area (Å²) in [6.07, 6.45) is 3.80. The van der Waals surface area contributed by atoms with Gasteiger partial charge in [-0.25, -0.2) is 0 Å². The Bertz CT molecular complexity index is 476. The smallest absolute Gasteiger partial charge is 0.307 e. The topological polar surface area (TPSA) is 37.3 Å². The van der Waals surface area contributed by atoms with Crippen LogP contribution in [0.2, 0.25) is 0 Å². The monoisotopic (exact) mass is 310 g/mol. The van der Waals surface area contributed by atoms with Crippen molar-refractivity contribution in [3.8, 4) is 0 Å². The average Bonchev–Trinajstić information content (AvgIpc) is 2.29. The Morgan fingerprint density at radius 2 is 1.94 bits per heavy atom. The molecule has 0 aliphatic heterocycles. The summed E-state index contributed by atoms with van der Waals surface area (Å²) in [7, 11) is 0. The SMILES string of the molecule is CCC/C(=C\CC(=O)O)c1cc(C)c(C)cc1Br. The van der Waals surface area contributed by atoms with Crippen LogP contribution in [0, 0.1) is 13.8 Å². The summed E-state index contributed by atoms with van der Waals surface area (Å²) >= 11 is 3.57. The highest BCUT2D eigenvalue weighted by Gasteiger charge is 2.08. The minimum absolute atomic E-state index is 0.0781. The van der Waals surface area contributed by atoms with Crippen LogP contribution >= 0.6 is 15.9 Å². The van der Waals surface area contributed by atoms with Gasteiger partial charge in [-0.05, 0) is 48.6 Å². The van der Waals surface area contributed by atoms with Gasteiger partial charge < -0.3 is 5.11 Å². The molecule has 0 fully saturated rings. The number of hydrogen-bond donors (Lipinski definition) is 1. The molecule has 0 unspecified atom stereocenters. The molecule has 3 heteroatoms. The van der Waals surface area contributed by atoms with Crippen molar-refractivity contribution in [2.45, 2.75) is 40.0 Å². The number of hydrogen-bond acceptors (Lipinski definition) is 1. The average molecular weight is 311 g/mol. The number of rotatable bonds is 5.